The van der Waals surface area contributed by atoms with Crippen LogP contribution in [0.2, 0.25) is 0 Å². The van der Waals surface area contributed by atoms with Crippen LogP contribution in [0, 0.1) is 6.92 Å². The van der Waals surface area contributed by atoms with Gasteiger partial charge in [-0.1, -0.05) is 36.4 Å². The number of aliphatic hydroxyl groups is 1. The Hall–Kier alpha value is -2.01. The lowest BCUT2D eigenvalue weighted by atomic mass is 9.95. The molecule has 0 aliphatic rings. The van der Waals surface area contributed by atoms with Crippen LogP contribution < -0.4 is 4.74 Å². The van der Waals surface area contributed by atoms with Crippen molar-refractivity contribution in [2.75, 3.05) is 13.2 Å². The fourth-order valence-corrected chi connectivity index (χ4v) is 2.26. The van der Waals surface area contributed by atoms with E-state index in [0.717, 1.165) is 11.6 Å². The molecule has 0 heterocycles. The van der Waals surface area contributed by atoms with Gasteiger partial charge in [-0.3, -0.25) is 0 Å². The van der Waals surface area contributed by atoms with Crippen molar-refractivity contribution < 1.29 is 23.0 Å². The van der Waals surface area contributed by atoms with Gasteiger partial charge in [0.2, 0.25) is 0 Å². The van der Waals surface area contributed by atoms with Crippen LogP contribution >= 0.6 is 0 Å². The Bertz CT molecular complexity index is 623. The first-order chi connectivity index (χ1) is 10.4. The van der Waals surface area contributed by atoms with Gasteiger partial charge in [0.15, 0.2) is 0 Å². The quantitative estimate of drug-likeness (QED) is 0.898. The summed E-state index contributed by atoms with van der Waals surface area (Å²) in [6.07, 6.45) is -4.45. The number of hydrogen-bond acceptors (Lipinski definition) is 2. The number of rotatable bonds is 5. The maximum absolute atomic E-state index is 13.0. The van der Waals surface area contributed by atoms with Crippen LogP contribution in [-0.4, -0.2) is 18.3 Å². The number of benzene rings is 2. The number of hydrogen-bond donors (Lipinski definition) is 1. The zero-order chi connectivity index (χ0) is 16.2. The fourth-order valence-electron chi connectivity index (χ4n) is 2.26. The van der Waals surface area contributed by atoms with Crippen LogP contribution in [0.4, 0.5) is 13.2 Å². The minimum atomic E-state index is -4.45. The van der Waals surface area contributed by atoms with Gasteiger partial charge in [-0.05, 0) is 30.2 Å². The van der Waals surface area contributed by atoms with Crippen molar-refractivity contribution in [2.24, 2.45) is 0 Å². The molecule has 0 radical (unpaired) electrons. The van der Waals surface area contributed by atoms with Gasteiger partial charge in [0.05, 0.1) is 18.8 Å². The average molecular weight is 310 g/mol. The SMILES string of the molecule is Cc1ccccc1OCC(CO)c1ccccc1C(F)(F)F. The van der Waals surface area contributed by atoms with Gasteiger partial charge in [0, 0.05) is 5.92 Å². The van der Waals surface area contributed by atoms with E-state index in [4.69, 9.17) is 4.74 Å². The number of alkyl halides is 3. The Morgan fingerprint density at radius 1 is 1.05 bits per heavy atom. The van der Waals surface area contributed by atoms with Crippen LogP contribution in [0.5, 0.6) is 5.75 Å². The molecule has 0 aliphatic heterocycles. The highest BCUT2D eigenvalue weighted by molar-refractivity contribution is 5.34. The van der Waals surface area contributed by atoms with Crippen molar-refractivity contribution in [3.05, 3.63) is 65.2 Å². The maximum atomic E-state index is 13.0. The topological polar surface area (TPSA) is 29.5 Å². The summed E-state index contributed by atoms with van der Waals surface area (Å²) in [5, 5.41) is 9.47. The van der Waals surface area contributed by atoms with Gasteiger partial charge in [0.25, 0.3) is 0 Å². The van der Waals surface area contributed by atoms with E-state index in [-0.39, 0.29) is 12.2 Å². The van der Waals surface area contributed by atoms with Crippen molar-refractivity contribution in [2.45, 2.75) is 19.0 Å². The minimum absolute atomic E-state index is 0.0194. The maximum Gasteiger partial charge on any atom is 0.416 e. The summed E-state index contributed by atoms with van der Waals surface area (Å²) < 4.78 is 44.7. The lowest BCUT2D eigenvalue weighted by Crippen LogP contribution is -2.19. The molecule has 2 rings (SSSR count). The largest absolute Gasteiger partial charge is 0.493 e. The molecule has 1 atom stereocenters. The predicted molar refractivity (Wildman–Crippen MR) is 77.9 cm³/mol. The molecule has 2 aromatic carbocycles. The molecule has 0 spiro atoms. The van der Waals surface area contributed by atoms with Crippen LogP contribution in [0.3, 0.4) is 0 Å². The van der Waals surface area contributed by atoms with Gasteiger partial charge >= 0.3 is 6.18 Å². The van der Waals surface area contributed by atoms with Gasteiger partial charge in [-0.25, -0.2) is 0 Å². The normalized spacial score (nSPS) is 13.0. The van der Waals surface area contributed by atoms with Crippen LogP contribution in [0.15, 0.2) is 48.5 Å². The van der Waals surface area contributed by atoms with Crippen molar-refractivity contribution in [1.82, 2.24) is 0 Å². The molecule has 5 heteroatoms. The molecule has 22 heavy (non-hydrogen) atoms. The smallest absolute Gasteiger partial charge is 0.416 e. The van der Waals surface area contributed by atoms with Crippen LogP contribution in [0.1, 0.15) is 22.6 Å². The predicted octanol–water partition coefficient (Wildman–Crippen LogP) is 4.17. The zero-order valence-electron chi connectivity index (χ0n) is 12.1. The van der Waals surface area contributed by atoms with Gasteiger partial charge in [-0.2, -0.15) is 13.2 Å². The Morgan fingerprint density at radius 2 is 1.68 bits per heavy atom. The summed E-state index contributed by atoms with van der Waals surface area (Å²) >= 11 is 0. The highest BCUT2D eigenvalue weighted by Crippen LogP contribution is 2.35. The molecule has 118 valence electrons. The summed E-state index contributed by atoms with van der Waals surface area (Å²) in [6, 6.07) is 12.5. The number of aryl methyl sites for hydroxylation is 1. The molecule has 0 bridgehead atoms. The standard InChI is InChI=1S/C17H17F3O2/c1-12-6-2-5-9-16(12)22-11-13(10-21)14-7-3-4-8-15(14)17(18,19)20/h2-9,13,21H,10-11H2,1H3. The van der Waals surface area contributed by atoms with Gasteiger partial charge in [0.1, 0.15) is 5.75 Å². The molecule has 2 aromatic rings. The highest BCUT2D eigenvalue weighted by Gasteiger charge is 2.34. The molecule has 0 aliphatic carbocycles. The second-order valence-corrected chi connectivity index (χ2v) is 5.04. The van der Waals surface area contributed by atoms with E-state index in [0.29, 0.717) is 5.75 Å². The molecule has 1 N–H and O–H groups in total. The van der Waals surface area contributed by atoms with E-state index < -0.39 is 24.3 Å². The van der Waals surface area contributed by atoms with E-state index in [1.165, 1.54) is 18.2 Å². The van der Waals surface area contributed by atoms with Gasteiger partial charge in [-0.15, -0.1) is 0 Å². The number of aliphatic hydroxyl groups excluding tert-OH is 1. The van der Waals surface area contributed by atoms with E-state index in [1.54, 1.807) is 12.1 Å². The van der Waals surface area contributed by atoms with Crippen molar-refractivity contribution >= 4 is 0 Å². The lowest BCUT2D eigenvalue weighted by Gasteiger charge is -2.20. The Kier molecular flexibility index (Phi) is 5.08. The van der Waals surface area contributed by atoms with E-state index in [1.807, 2.05) is 19.1 Å². The van der Waals surface area contributed by atoms with E-state index >= 15 is 0 Å². The molecular formula is C17H17F3O2. The van der Waals surface area contributed by atoms with Crippen molar-refractivity contribution in [1.29, 1.82) is 0 Å². The molecule has 0 saturated heterocycles. The molecule has 2 nitrogen and oxygen atoms in total. The zero-order valence-corrected chi connectivity index (χ0v) is 12.1. The number of para-hydroxylation sites is 1. The number of halogens is 3. The summed E-state index contributed by atoms with van der Waals surface area (Å²) in [6.45, 7) is 1.42. The lowest BCUT2D eigenvalue weighted by molar-refractivity contribution is -0.138. The molecule has 1 unspecified atom stereocenters. The Morgan fingerprint density at radius 3 is 2.32 bits per heavy atom. The third kappa shape index (κ3) is 3.80. The summed E-state index contributed by atoms with van der Waals surface area (Å²) in [7, 11) is 0. The van der Waals surface area contributed by atoms with Crippen molar-refractivity contribution in [3.8, 4) is 5.75 Å². The first kappa shape index (κ1) is 16.4. The molecule has 0 fully saturated rings. The minimum Gasteiger partial charge on any atom is -0.493 e. The Balaban J connectivity index is 2.21. The van der Waals surface area contributed by atoms with Crippen LogP contribution in [0.25, 0.3) is 0 Å². The first-order valence-corrected chi connectivity index (χ1v) is 6.89. The summed E-state index contributed by atoms with van der Waals surface area (Å²) in [5.41, 5.74) is 0.205. The molecule has 0 saturated carbocycles. The Labute approximate surface area is 127 Å². The first-order valence-electron chi connectivity index (χ1n) is 6.89. The third-order valence-electron chi connectivity index (χ3n) is 3.46. The second-order valence-electron chi connectivity index (χ2n) is 5.04. The monoisotopic (exact) mass is 310 g/mol. The highest BCUT2D eigenvalue weighted by atomic mass is 19.4. The van der Waals surface area contributed by atoms with Crippen LogP contribution in [-0.2, 0) is 6.18 Å². The van der Waals surface area contributed by atoms with E-state index in [2.05, 4.69) is 0 Å². The summed E-state index contributed by atoms with van der Waals surface area (Å²) in [4.78, 5) is 0. The molecule has 0 amide bonds. The second kappa shape index (κ2) is 6.83. The molecule has 0 aromatic heterocycles. The summed E-state index contributed by atoms with van der Waals surface area (Å²) in [5.74, 6) is -0.136. The number of ether oxygens (including phenoxy) is 1. The average Bonchev–Trinajstić information content (AvgIpc) is 2.49. The molecular weight excluding hydrogens is 293 g/mol. The third-order valence-corrected chi connectivity index (χ3v) is 3.46. The fraction of sp³-hybridized carbons (Fsp3) is 0.294. The van der Waals surface area contributed by atoms with Crippen molar-refractivity contribution in [3.63, 3.8) is 0 Å². The van der Waals surface area contributed by atoms with E-state index in [9.17, 15) is 18.3 Å². The van der Waals surface area contributed by atoms with Gasteiger partial charge < -0.3 is 9.84 Å².